The molecule has 3 aromatic rings. The summed E-state index contributed by atoms with van der Waals surface area (Å²) in [5, 5.41) is 13.4. The summed E-state index contributed by atoms with van der Waals surface area (Å²) in [4.78, 5) is 0. The molecule has 3 aromatic carbocycles. The number of hydrogen-bond acceptors (Lipinski definition) is 1. The van der Waals surface area contributed by atoms with E-state index in [-0.39, 0.29) is 6.61 Å². The molecule has 3 rings (SSSR count). The third-order valence-corrected chi connectivity index (χ3v) is 8.96. The number of benzene rings is 3. The van der Waals surface area contributed by atoms with Crippen LogP contribution in [0.3, 0.4) is 0 Å². The summed E-state index contributed by atoms with van der Waals surface area (Å²) in [6, 6.07) is 33.4. The minimum atomic E-state index is -1.57. The van der Waals surface area contributed by atoms with E-state index in [1.165, 1.54) is 34.9 Å². The molecule has 0 aliphatic carbocycles. The molecule has 0 N–H and O–H groups in total. The summed E-state index contributed by atoms with van der Waals surface area (Å²) in [7, 11) is -1.57. The van der Waals surface area contributed by atoms with E-state index in [0.29, 0.717) is 0 Å². The second-order valence-electron chi connectivity index (χ2n) is 6.18. The van der Waals surface area contributed by atoms with Crippen LogP contribution in [0.5, 0.6) is 0 Å². The Bertz CT molecular complexity index is 629. The highest BCUT2D eigenvalue weighted by Crippen LogP contribution is 2.55. The first-order chi connectivity index (χ1) is 12.8. The number of hydrogen-bond donors (Lipinski definition) is 0. The molecule has 0 amide bonds. The van der Waals surface area contributed by atoms with Gasteiger partial charge in [0, 0.05) is 0 Å². The normalized spacial score (nSPS) is 10.7. The van der Waals surface area contributed by atoms with Gasteiger partial charge in [-0.05, 0) is 42.8 Å². The van der Waals surface area contributed by atoms with Crippen LogP contribution in [-0.4, -0.2) is 12.8 Å². The van der Waals surface area contributed by atoms with Gasteiger partial charge in [0.05, 0.1) is 6.16 Å². The molecule has 0 heterocycles. The third kappa shape index (κ3) is 4.81. The van der Waals surface area contributed by atoms with Gasteiger partial charge in [-0.15, -0.1) is 6.61 Å². The molecule has 0 fully saturated rings. The fourth-order valence-electron chi connectivity index (χ4n) is 3.28. The third-order valence-electron chi connectivity index (χ3n) is 4.44. The van der Waals surface area contributed by atoms with Crippen LogP contribution in [0, 0.1) is 0 Å². The van der Waals surface area contributed by atoms with Gasteiger partial charge < -0.3 is 5.11 Å². The van der Waals surface area contributed by atoms with Crippen molar-refractivity contribution in [3.8, 4) is 0 Å². The van der Waals surface area contributed by atoms with Crippen molar-refractivity contribution >= 4 is 23.2 Å². The van der Waals surface area contributed by atoms with Crippen molar-refractivity contribution in [1.29, 1.82) is 0 Å². The van der Waals surface area contributed by atoms with Crippen LogP contribution < -0.4 is 21.0 Å². The standard InChI is InChI=1S/C22H24P.C2H5O/c1-2-3-19-23(20-13-7-4-8-14-20,21-15-9-5-10-16-21)22-17-11-6-12-18-22;1-2-3/h4-18H,2-3,19H2,1H3;2H2,1H3/q+1;-1. The van der Waals surface area contributed by atoms with Gasteiger partial charge >= 0.3 is 0 Å². The number of unbranched alkanes of at least 4 members (excludes halogenated alkanes) is 1. The molecular formula is C24H29OP. The van der Waals surface area contributed by atoms with Crippen molar-refractivity contribution in [3.05, 3.63) is 91.0 Å². The van der Waals surface area contributed by atoms with E-state index < -0.39 is 7.26 Å². The Balaban J connectivity index is 0.000000758. The average Bonchev–Trinajstić information content (AvgIpc) is 2.72. The molecule has 0 saturated carbocycles. The highest BCUT2D eigenvalue weighted by atomic mass is 31.2. The quantitative estimate of drug-likeness (QED) is 0.603. The van der Waals surface area contributed by atoms with Crippen LogP contribution in [0.2, 0.25) is 0 Å². The van der Waals surface area contributed by atoms with Crippen molar-refractivity contribution in [3.63, 3.8) is 0 Å². The maximum atomic E-state index is 8.93. The smallest absolute Gasteiger partial charge is 0.112 e. The van der Waals surface area contributed by atoms with Gasteiger partial charge in [-0.25, -0.2) is 0 Å². The zero-order chi connectivity index (χ0) is 18.7. The van der Waals surface area contributed by atoms with Gasteiger partial charge in [-0.1, -0.05) is 74.9 Å². The Labute approximate surface area is 159 Å². The Morgan fingerprint density at radius 2 is 0.923 bits per heavy atom. The topological polar surface area (TPSA) is 23.1 Å². The van der Waals surface area contributed by atoms with Gasteiger partial charge in [-0.2, -0.15) is 0 Å². The van der Waals surface area contributed by atoms with E-state index in [2.05, 4.69) is 97.9 Å². The van der Waals surface area contributed by atoms with Gasteiger partial charge in [0.2, 0.25) is 0 Å². The zero-order valence-electron chi connectivity index (χ0n) is 15.8. The summed E-state index contributed by atoms with van der Waals surface area (Å²) in [6.07, 6.45) is 3.72. The molecule has 2 heteroatoms. The van der Waals surface area contributed by atoms with Crippen LogP contribution in [0.25, 0.3) is 0 Å². The second kappa shape index (κ2) is 10.9. The SMILES string of the molecule is CCCC[P+](c1ccccc1)(c1ccccc1)c1ccccc1.CC[O-]. The van der Waals surface area contributed by atoms with Gasteiger partial charge in [0.15, 0.2) is 0 Å². The Morgan fingerprint density at radius 3 is 1.19 bits per heavy atom. The number of rotatable bonds is 6. The van der Waals surface area contributed by atoms with Gasteiger partial charge in [0.1, 0.15) is 23.2 Å². The van der Waals surface area contributed by atoms with Crippen molar-refractivity contribution < 1.29 is 5.11 Å². The average molecular weight is 364 g/mol. The molecule has 0 saturated heterocycles. The molecule has 0 bridgehead atoms. The molecule has 26 heavy (non-hydrogen) atoms. The molecule has 0 aliphatic rings. The van der Waals surface area contributed by atoms with Crippen LogP contribution in [0.1, 0.15) is 26.7 Å². The first kappa shape index (κ1) is 20.4. The van der Waals surface area contributed by atoms with E-state index in [4.69, 9.17) is 5.11 Å². The summed E-state index contributed by atoms with van der Waals surface area (Å²) in [5.74, 6) is 0. The summed E-state index contributed by atoms with van der Waals surface area (Å²) in [6.45, 7) is 3.86. The van der Waals surface area contributed by atoms with Crippen molar-refractivity contribution in [2.75, 3.05) is 12.8 Å². The highest BCUT2D eigenvalue weighted by Gasteiger charge is 2.44. The maximum Gasteiger partial charge on any atom is 0.112 e. The lowest BCUT2D eigenvalue weighted by Gasteiger charge is -2.27. The van der Waals surface area contributed by atoms with Crippen molar-refractivity contribution in [1.82, 2.24) is 0 Å². The Hall–Kier alpha value is -1.95. The van der Waals surface area contributed by atoms with E-state index in [9.17, 15) is 0 Å². The fraction of sp³-hybridized carbons (Fsp3) is 0.250. The van der Waals surface area contributed by atoms with Crippen molar-refractivity contribution in [2.24, 2.45) is 0 Å². The predicted molar refractivity (Wildman–Crippen MR) is 115 cm³/mol. The van der Waals surface area contributed by atoms with E-state index >= 15 is 0 Å². The first-order valence-corrected chi connectivity index (χ1v) is 11.4. The Morgan fingerprint density at radius 1 is 0.615 bits per heavy atom. The molecule has 0 aliphatic heterocycles. The van der Waals surface area contributed by atoms with E-state index in [1.807, 2.05) is 0 Å². The van der Waals surface area contributed by atoms with Crippen molar-refractivity contribution in [2.45, 2.75) is 26.7 Å². The van der Waals surface area contributed by atoms with Crippen LogP contribution in [-0.2, 0) is 0 Å². The lowest BCUT2D eigenvalue weighted by molar-refractivity contribution is -0.361. The molecule has 1 nitrogen and oxygen atoms in total. The molecule has 136 valence electrons. The predicted octanol–water partition coefficient (Wildman–Crippen LogP) is 4.15. The minimum absolute atomic E-state index is 0. The molecule has 0 aromatic heterocycles. The van der Waals surface area contributed by atoms with E-state index in [0.717, 1.165) is 0 Å². The molecule has 0 spiro atoms. The molecule has 0 unspecified atom stereocenters. The first-order valence-electron chi connectivity index (χ1n) is 9.42. The van der Waals surface area contributed by atoms with Gasteiger partial charge in [0.25, 0.3) is 0 Å². The fourth-order valence-corrected chi connectivity index (χ4v) is 7.78. The van der Waals surface area contributed by atoms with Gasteiger partial charge in [-0.3, -0.25) is 0 Å². The lowest BCUT2D eigenvalue weighted by atomic mass is 10.3. The highest BCUT2D eigenvalue weighted by molar-refractivity contribution is 7.95. The molecular weight excluding hydrogens is 335 g/mol. The monoisotopic (exact) mass is 364 g/mol. The Kier molecular flexibility index (Phi) is 8.54. The summed E-state index contributed by atoms with van der Waals surface area (Å²) < 4.78 is 0. The minimum Gasteiger partial charge on any atom is -0.855 e. The molecule has 0 radical (unpaired) electrons. The zero-order valence-corrected chi connectivity index (χ0v) is 16.7. The van der Waals surface area contributed by atoms with E-state index in [1.54, 1.807) is 6.92 Å². The second-order valence-corrected chi connectivity index (χ2v) is 9.80. The molecule has 0 atom stereocenters. The largest absolute Gasteiger partial charge is 0.855 e. The maximum absolute atomic E-state index is 8.93. The summed E-state index contributed by atoms with van der Waals surface area (Å²) in [5.41, 5.74) is 0. The lowest BCUT2D eigenvalue weighted by Crippen LogP contribution is -2.33. The van der Waals surface area contributed by atoms with Crippen LogP contribution >= 0.6 is 7.26 Å². The van der Waals surface area contributed by atoms with Crippen LogP contribution in [0.4, 0.5) is 0 Å². The van der Waals surface area contributed by atoms with Crippen LogP contribution in [0.15, 0.2) is 91.0 Å². The summed E-state index contributed by atoms with van der Waals surface area (Å²) >= 11 is 0.